The van der Waals surface area contributed by atoms with Crippen molar-refractivity contribution in [1.29, 1.82) is 0 Å². The average Bonchev–Trinajstić information content (AvgIpc) is 2.45. The second-order valence-corrected chi connectivity index (χ2v) is 3.25. The molecular weight excluding hydrogens is 196 g/mol. The number of anilines is 1. The van der Waals surface area contributed by atoms with Gasteiger partial charge in [-0.1, -0.05) is 0 Å². The maximum absolute atomic E-state index is 10.4. The van der Waals surface area contributed by atoms with Gasteiger partial charge in [0.1, 0.15) is 0 Å². The van der Waals surface area contributed by atoms with E-state index in [1.807, 2.05) is 13.8 Å². The van der Waals surface area contributed by atoms with Crippen LogP contribution in [0.1, 0.15) is 11.4 Å². The minimum absolute atomic E-state index is 0.304. The van der Waals surface area contributed by atoms with E-state index in [1.54, 1.807) is 16.8 Å². The number of rotatable bonds is 1. The number of imidazole rings is 1. The first-order valence-corrected chi connectivity index (χ1v) is 4.39. The number of aryl methyl sites for hydroxylation is 2. The molecule has 2 aromatic heterocycles. The fourth-order valence-electron chi connectivity index (χ4n) is 1.47. The number of fused-ring (bicyclic) bond motifs is 1. The van der Waals surface area contributed by atoms with Gasteiger partial charge >= 0.3 is 6.09 Å². The number of carbonyl (C=O) groups is 1. The molecule has 0 bridgehead atoms. The Morgan fingerprint density at radius 2 is 2.13 bits per heavy atom. The third kappa shape index (κ3) is 1.74. The van der Waals surface area contributed by atoms with E-state index < -0.39 is 6.09 Å². The summed E-state index contributed by atoms with van der Waals surface area (Å²) in [5, 5.41) is 10.7. The smallest absolute Gasteiger partial charge is 0.410 e. The Kier molecular flexibility index (Phi) is 2.03. The zero-order valence-corrected chi connectivity index (χ0v) is 8.35. The number of hydrogen-bond acceptors (Lipinski definition) is 3. The molecule has 0 fully saturated rings. The molecule has 0 unspecified atom stereocenters. The fraction of sp³-hybridized carbons (Fsp3) is 0.222. The molecule has 78 valence electrons. The molecule has 15 heavy (non-hydrogen) atoms. The van der Waals surface area contributed by atoms with Gasteiger partial charge in [0, 0.05) is 6.20 Å². The van der Waals surface area contributed by atoms with Crippen LogP contribution in [-0.4, -0.2) is 25.6 Å². The molecule has 0 saturated carbocycles. The largest absolute Gasteiger partial charge is 0.465 e. The lowest BCUT2D eigenvalue weighted by Crippen LogP contribution is -2.07. The number of nitrogens with one attached hydrogen (secondary N) is 1. The number of nitrogens with zero attached hydrogens (tertiary/aromatic N) is 3. The lowest BCUT2D eigenvalue weighted by atomic mass is 10.4. The van der Waals surface area contributed by atoms with E-state index in [1.165, 1.54) is 0 Å². The van der Waals surface area contributed by atoms with Crippen LogP contribution in [0.5, 0.6) is 0 Å². The molecule has 0 saturated heterocycles. The lowest BCUT2D eigenvalue weighted by Gasteiger charge is -1.97. The van der Waals surface area contributed by atoms with E-state index >= 15 is 0 Å². The highest BCUT2D eigenvalue weighted by Crippen LogP contribution is 2.12. The molecule has 0 spiro atoms. The van der Waals surface area contributed by atoms with Gasteiger partial charge in [0.2, 0.25) is 0 Å². The number of hydrogen-bond donors (Lipinski definition) is 2. The van der Waals surface area contributed by atoms with Crippen LogP contribution in [-0.2, 0) is 0 Å². The Balaban J connectivity index is 2.55. The second kappa shape index (κ2) is 3.23. The van der Waals surface area contributed by atoms with Crippen LogP contribution in [0.3, 0.4) is 0 Å². The molecule has 0 aromatic carbocycles. The summed E-state index contributed by atoms with van der Waals surface area (Å²) in [6, 6.07) is 0. The van der Waals surface area contributed by atoms with E-state index in [9.17, 15) is 4.79 Å². The summed E-state index contributed by atoms with van der Waals surface area (Å²) in [6.45, 7) is 3.70. The van der Waals surface area contributed by atoms with Crippen LogP contribution in [0.2, 0.25) is 0 Å². The minimum atomic E-state index is -1.12. The molecule has 2 rings (SSSR count). The van der Waals surface area contributed by atoms with Gasteiger partial charge in [-0.25, -0.2) is 9.78 Å². The first kappa shape index (κ1) is 9.45. The van der Waals surface area contributed by atoms with Crippen molar-refractivity contribution < 1.29 is 9.90 Å². The van der Waals surface area contributed by atoms with E-state index in [4.69, 9.17) is 5.11 Å². The third-order valence-electron chi connectivity index (χ3n) is 1.96. The quantitative estimate of drug-likeness (QED) is 0.739. The average molecular weight is 206 g/mol. The second-order valence-electron chi connectivity index (χ2n) is 3.25. The van der Waals surface area contributed by atoms with Crippen molar-refractivity contribution in [3.05, 3.63) is 23.8 Å². The molecule has 2 heterocycles. The zero-order chi connectivity index (χ0) is 11.0. The van der Waals surface area contributed by atoms with Crippen molar-refractivity contribution in [2.24, 2.45) is 0 Å². The fourth-order valence-corrected chi connectivity index (χ4v) is 1.47. The van der Waals surface area contributed by atoms with Crippen LogP contribution in [0.25, 0.3) is 5.65 Å². The summed E-state index contributed by atoms with van der Waals surface area (Å²) in [4.78, 5) is 18.8. The summed E-state index contributed by atoms with van der Waals surface area (Å²) in [6.07, 6.45) is 2.29. The standard InChI is InChI=1S/C9H10N4O2/c1-5-3-13-4-7(12-9(14)15)11-8(13)6(2)10-5/h3-4,12H,1-2H3,(H,14,15). The number of aromatic nitrogens is 3. The molecule has 2 aromatic rings. The van der Waals surface area contributed by atoms with Gasteiger partial charge in [-0.15, -0.1) is 0 Å². The van der Waals surface area contributed by atoms with Crippen LogP contribution >= 0.6 is 0 Å². The number of carboxylic acid groups (broad SMARTS) is 1. The Bertz CT molecular complexity index is 532. The molecule has 0 aliphatic rings. The maximum Gasteiger partial charge on any atom is 0.410 e. The Labute approximate surface area is 85.6 Å². The maximum atomic E-state index is 10.4. The van der Waals surface area contributed by atoms with E-state index in [0.717, 1.165) is 11.4 Å². The van der Waals surface area contributed by atoms with Crippen molar-refractivity contribution in [1.82, 2.24) is 14.4 Å². The van der Waals surface area contributed by atoms with E-state index in [-0.39, 0.29) is 0 Å². The molecule has 0 aliphatic carbocycles. The van der Waals surface area contributed by atoms with Crippen molar-refractivity contribution >= 4 is 17.6 Å². The van der Waals surface area contributed by atoms with Crippen molar-refractivity contribution in [3.63, 3.8) is 0 Å². The van der Waals surface area contributed by atoms with Gasteiger partial charge in [0.25, 0.3) is 0 Å². The first-order valence-electron chi connectivity index (χ1n) is 4.39. The molecule has 1 amide bonds. The van der Waals surface area contributed by atoms with Crippen molar-refractivity contribution in [3.8, 4) is 0 Å². The molecule has 6 heteroatoms. The Hall–Kier alpha value is -2.11. The summed E-state index contributed by atoms with van der Waals surface area (Å²) in [7, 11) is 0. The van der Waals surface area contributed by atoms with E-state index in [0.29, 0.717) is 11.5 Å². The highest BCUT2D eigenvalue weighted by atomic mass is 16.4. The van der Waals surface area contributed by atoms with Crippen molar-refractivity contribution in [2.75, 3.05) is 5.32 Å². The van der Waals surface area contributed by atoms with Gasteiger partial charge in [0.15, 0.2) is 11.5 Å². The highest BCUT2D eigenvalue weighted by Gasteiger charge is 2.07. The van der Waals surface area contributed by atoms with Gasteiger partial charge in [-0.2, -0.15) is 0 Å². The Morgan fingerprint density at radius 3 is 2.80 bits per heavy atom. The SMILES string of the molecule is Cc1cn2cc(NC(=O)O)nc2c(C)n1. The van der Waals surface area contributed by atoms with Gasteiger partial charge in [-0.3, -0.25) is 10.3 Å². The predicted octanol–water partition coefficient (Wildman–Crippen LogP) is 1.44. The van der Waals surface area contributed by atoms with E-state index in [2.05, 4.69) is 15.3 Å². The van der Waals surface area contributed by atoms with Crippen molar-refractivity contribution in [2.45, 2.75) is 13.8 Å². The summed E-state index contributed by atoms with van der Waals surface area (Å²) in [5.41, 5.74) is 2.29. The molecule has 0 radical (unpaired) electrons. The normalized spacial score (nSPS) is 10.5. The Morgan fingerprint density at radius 1 is 1.40 bits per heavy atom. The molecule has 0 atom stereocenters. The van der Waals surface area contributed by atoms with Crippen LogP contribution < -0.4 is 5.32 Å². The summed E-state index contributed by atoms with van der Waals surface area (Å²) in [5.74, 6) is 0.304. The first-order chi connectivity index (χ1) is 7.06. The zero-order valence-electron chi connectivity index (χ0n) is 8.35. The molecule has 0 aliphatic heterocycles. The molecule has 6 nitrogen and oxygen atoms in total. The molecular formula is C9H10N4O2. The molecule has 2 N–H and O–H groups in total. The predicted molar refractivity (Wildman–Crippen MR) is 54.1 cm³/mol. The highest BCUT2D eigenvalue weighted by molar-refractivity contribution is 5.81. The van der Waals surface area contributed by atoms with Gasteiger partial charge in [0.05, 0.1) is 17.6 Å². The van der Waals surface area contributed by atoms with Crippen LogP contribution in [0.4, 0.5) is 10.6 Å². The monoisotopic (exact) mass is 206 g/mol. The van der Waals surface area contributed by atoms with Gasteiger partial charge in [-0.05, 0) is 13.8 Å². The lowest BCUT2D eigenvalue weighted by molar-refractivity contribution is 0.209. The minimum Gasteiger partial charge on any atom is -0.465 e. The van der Waals surface area contributed by atoms with Gasteiger partial charge < -0.3 is 9.51 Å². The third-order valence-corrected chi connectivity index (χ3v) is 1.96. The topological polar surface area (TPSA) is 79.5 Å². The van der Waals surface area contributed by atoms with Crippen LogP contribution in [0.15, 0.2) is 12.4 Å². The summed E-state index contributed by atoms with van der Waals surface area (Å²) < 4.78 is 1.75. The summed E-state index contributed by atoms with van der Waals surface area (Å²) >= 11 is 0. The number of amides is 1. The van der Waals surface area contributed by atoms with Crippen LogP contribution in [0, 0.1) is 13.8 Å².